The van der Waals surface area contributed by atoms with E-state index in [0.717, 1.165) is 25.9 Å². The maximum absolute atomic E-state index is 12.4. The fourth-order valence-corrected chi connectivity index (χ4v) is 4.29. The third kappa shape index (κ3) is 3.80. The van der Waals surface area contributed by atoms with Crippen LogP contribution in [0.3, 0.4) is 0 Å². The van der Waals surface area contributed by atoms with E-state index >= 15 is 0 Å². The normalized spacial score (nSPS) is 16.2. The van der Waals surface area contributed by atoms with E-state index in [1.54, 1.807) is 0 Å². The van der Waals surface area contributed by atoms with Gasteiger partial charge in [-0.15, -0.1) is 12.4 Å². The lowest BCUT2D eigenvalue weighted by Gasteiger charge is -2.21. The topological polar surface area (TPSA) is 118 Å². The molecule has 1 aromatic carbocycles. The number of benzene rings is 1. The number of H-pyrrole nitrogens is 1. The van der Waals surface area contributed by atoms with Crippen LogP contribution in [-0.4, -0.2) is 42.2 Å². The van der Waals surface area contributed by atoms with Crippen molar-refractivity contribution in [2.45, 2.75) is 18.0 Å². The van der Waals surface area contributed by atoms with Crippen LogP contribution in [0.25, 0.3) is 11.0 Å². The molecule has 0 aliphatic carbocycles. The van der Waals surface area contributed by atoms with Crippen molar-refractivity contribution in [3.63, 3.8) is 0 Å². The predicted molar refractivity (Wildman–Crippen MR) is 87.6 cm³/mol. The molecule has 1 saturated heterocycles. The van der Waals surface area contributed by atoms with Crippen LogP contribution in [-0.2, 0) is 9.84 Å². The largest absolute Gasteiger partial charge is 0.329 e. The highest BCUT2D eigenvalue weighted by Crippen LogP contribution is 2.23. The number of rotatable bonds is 4. The van der Waals surface area contributed by atoms with Crippen LogP contribution in [0.4, 0.5) is 5.69 Å². The molecule has 0 bridgehead atoms. The van der Waals surface area contributed by atoms with Crippen LogP contribution >= 0.6 is 12.4 Å². The van der Waals surface area contributed by atoms with Gasteiger partial charge >= 0.3 is 0 Å². The van der Waals surface area contributed by atoms with E-state index < -0.39 is 14.8 Å². The van der Waals surface area contributed by atoms with E-state index in [1.165, 1.54) is 18.2 Å². The zero-order chi connectivity index (χ0) is 15.7. The fraction of sp³-hybridized carbons (Fsp3) is 0.462. The second-order valence-corrected chi connectivity index (χ2v) is 7.42. The summed E-state index contributed by atoms with van der Waals surface area (Å²) in [4.78, 5) is 17.0. The van der Waals surface area contributed by atoms with Gasteiger partial charge in [0, 0.05) is 12.1 Å². The molecule has 0 amide bonds. The van der Waals surface area contributed by atoms with Crippen LogP contribution in [0.2, 0.25) is 0 Å². The Balaban J connectivity index is 0.00000192. The quantitative estimate of drug-likeness (QED) is 0.632. The molecule has 2 N–H and O–H groups in total. The van der Waals surface area contributed by atoms with E-state index in [9.17, 15) is 18.5 Å². The number of halogens is 1. The molecule has 2 heterocycles. The number of imidazole rings is 1. The lowest BCUT2D eigenvalue weighted by Crippen LogP contribution is -2.31. The van der Waals surface area contributed by atoms with E-state index in [-0.39, 0.29) is 34.9 Å². The highest BCUT2D eigenvalue weighted by molar-refractivity contribution is 7.91. The van der Waals surface area contributed by atoms with Gasteiger partial charge in [-0.1, -0.05) is 0 Å². The molecule has 0 saturated carbocycles. The van der Waals surface area contributed by atoms with Gasteiger partial charge < -0.3 is 10.3 Å². The third-order valence-electron chi connectivity index (χ3n) is 3.86. The Hall–Kier alpha value is -1.71. The summed E-state index contributed by atoms with van der Waals surface area (Å²) in [7, 11) is -3.52. The number of aromatic nitrogens is 2. The Kier molecular flexibility index (Phi) is 5.23. The average molecular weight is 361 g/mol. The van der Waals surface area contributed by atoms with Gasteiger partial charge in [-0.2, -0.15) is 0 Å². The number of nitrogens with one attached hydrogen (secondary N) is 2. The van der Waals surface area contributed by atoms with Crippen LogP contribution in [0, 0.1) is 16.0 Å². The molecule has 126 valence electrons. The molecule has 1 fully saturated rings. The first-order valence-corrected chi connectivity index (χ1v) is 8.68. The summed E-state index contributed by atoms with van der Waals surface area (Å²) >= 11 is 0. The number of nitro groups is 1. The Morgan fingerprint density at radius 2 is 2.00 bits per heavy atom. The van der Waals surface area contributed by atoms with Crippen molar-refractivity contribution in [2.75, 3.05) is 18.8 Å². The average Bonchev–Trinajstić information content (AvgIpc) is 2.91. The van der Waals surface area contributed by atoms with E-state index in [0.29, 0.717) is 11.0 Å². The Morgan fingerprint density at radius 3 is 2.65 bits per heavy atom. The number of hydrogen-bond acceptors (Lipinski definition) is 6. The predicted octanol–water partition coefficient (Wildman–Crippen LogP) is 1.67. The summed E-state index contributed by atoms with van der Waals surface area (Å²) in [6, 6.07) is 4.06. The second-order valence-electron chi connectivity index (χ2n) is 5.48. The SMILES string of the molecule is Cl.O=[N+]([O-])c1ccc2nc(S(=O)(=O)CC3CCNCC3)[nH]c2c1. The summed E-state index contributed by atoms with van der Waals surface area (Å²) in [6.45, 7) is 1.65. The van der Waals surface area contributed by atoms with Gasteiger partial charge in [-0.3, -0.25) is 10.1 Å². The molecule has 1 aliphatic rings. The lowest BCUT2D eigenvalue weighted by atomic mass is 10.0. The molecule has 23 heavy (non-hydrogen) atoms. The molecule has 10 heteroatoms. The van der Waals surface area contributed by atoms with Crippen molar-refractivity contribution in [2.24, 2.45) is 5.92 Å². The summed E-state index contributed by atoms with van der Waals surface area (Å²) in [5.74, 6) is 0.171. The number of fused-ring (bicyclic) bond motifs is 1. The number of non-ortho nitro benzene ring substituents is 1. The standard InChI is InChI=1S/C13H16N4O4S.ClH/c18-17(19)10-1-2-11-12(7-10)16-13(15-11)22(20,21)8-9-3-5-14-6-4-9;/h1-2,7,9,14H,3-6,8H2,(H,15,16);1H. The van der Waals surface area contributed by atoms with Crippen LogP contribution in [0.1, 0.15) is 12.8 Å². The number of nitrogens with zero attached hydrogens (tertiary/aromatic N) is 2. The molecular formula is C13H17ClN4O4S. The minimum atomic E-state index is -3.52. The zero-order valence-electron chi connectivity index (χ0n) is 12.2. The minimum absolute atomic E-state index is 0. The Labute approximate surface area is 139 Å². The van der Waals surface area contributed by atoms with Gasteiger partial charge in [0.15, 0.2) is 0 Å². The van der Waals surface area contributed by atoms with Crippen molar-refractivity contribution in [3.05, 3.63) is 28.3 Å². The Bertz CT molecular complexity index is 814. The molecule has 3 rings (SSSR count). The van der Waals surface area contributed by atoms with E-state index in [2.05, 4.69) is 15.3 Å². The van der Waals surface area contributed by atoms with Crippen molar-refractivity contribution >= 4 is 39.0 Å². The number of nitro benzene ring substituents is 1. The third-order valence-corrected chi connectivity index (χ3v) is 5.56. The van der Waals surface area contributed by atoms with Crippen LogP contribution in [0.5, 0.6) is 0 Å². The van der Waals surface area contributed by atoms with Crippen molar-refractivity contribution in [1.29, 1.82) is 0 Å². The van der Waals surface area contributed by atoms with Crippen LogP contribution in [0.15, 0.2) is 23.4 Å². The molecule has 1 aliphatic heterocycles. The van der Waals surface area contributed by atoms with Crippen molar-refractivity contribution in [1.82, 2.24) is 15.3 Å². The molecule has 2 aromatic rings. The number of sulfone groups is 1. The maximum Gasteiger partial charge on any atom is 0.271 e. The highest BCUT2D eigenvalue weighted by Gasteiger charge is 2.26. The first-order chi connectivity index (χ1) is 10.5. The number of hydrogen-bond donors (Lipinski definition) is 2. The van der Waals surface area contributed by atoms with Crippen molar-refractivity contribution < 1.29 is 13.3 Å². The molecule has 8 nitrogen and oxygen atoms in total. The monoisotopic (exact) mass is 360 g/mol. The van der Waals surface area contributed by atoms with E-state index in [4.69, 9.17) is 0 Å². The summed E-state index contributed by atoms with van der Waals surface area (Å²) in [6.07, 6.45) is 1.65. The molecular weight excluding hydrogens is 344 g/mol. The number of piperidine rings is 1. The smallest absolute Gasteiger partial charge is 0.271 e. The van der Waals surface area contributed by atoms with Gasteiger partial charge in [0.05, 0.1) is 21.7 Å². The fourth-order valence-electron chi connectivity index (χ4n) is 2.67. The first kappa shape index (κ1) is 17.6. The highest BCUT2D eigenvalue weighted by atomic mass is 35.5. The summed E-state index contributed by atoms with van der Waals surface area (Å²) in [5.41, 5.74) is 0.672. The first-order valence-electron chi connectivity index (χ1n) is 7.03. The van der Waals surface area contributed by atoms with E-state index in [1.807, 2.05) is 0 Å². The van der Waals surface area contributed by atoms with Gasteiger partial charge in [-0.05, 0) is 37.9 Å². The maximum atomic E-state index is 12.4. The summed E-state index contributed by atoms with van der Waals surface area (Å²) in [5, 5.41) is 13.8. The zero-order valence-corrected chi connectivity index (χ0v) is 13.8. The molecule has 0 spiro atoms. The van der Waals surface area contributed by atoms with Gasteiger partial charge in [0.2, 0.25) is 15.0 Å². The molecule has 0 radical (unpaired) electrons. The second kappa shape index (κ2) is 6.81. The van der Waals surface area contributed by atoms with Crippen molar-refractivity contribution in [3.8, 4) is 0 Å². The molecule has 0 unspecified atom stereocenters. The number of aromatic amines is 1. The van der Waals surface area contributed by atoms with Crippen LogP contribution < -0.4 is 5.32 Å². The Morgan fingerprint density at radius 1 is 1.30 bits per heavy atom. The van der Waals surface area contributed by atoms with Gasteiger partial charge in [0.25, 0.3) is 5.69 Å². The lowest BCUT2D eigenvalue weighted by molar-refractivity contribution is -0.384. The van der Waals surface area contributed by atoms with Gasteiger partial charge in [0.1, 0.15) is 0 Å². The molecule has 1 aromatic heterocycles. The minimum Gasteiger partial charge on any atom is -0.329 e. The van der Waals surface area contributed by atoms with Gasteiger partial charge in [-0.25, -0.2) is 13.4 Å². The summed E-state index contributed by atoms with van der Waals surface area (Å²) < 4.78 is 24.9. The molecule has 0 atom stereocenters.